The zero-order chi connectivity index (χ0) is 20.3. The quantitative estimate of drug-likeness (QED) is 0.215. The van der Waals surface area contributed by atoms with E-state index in [1.165, 1.54) is 27.8 Å². The van der Waals surface area contributed by atoms with Crippen molar-refractivity contribution in [1.29, 1.82) is 0 Å². The first-order chi connectivity index (χ1) is 14.0. The molecule has 0 saturated heterocycles. The Morgan fingerprint density at radius 3 is 1.42 bits per heavy atom. The van der Waals surface area contributed by atoms with Gasteiger partial charge in [0.15, 0.2) is 0 Å². The van der Waals surface area contributed by atoms with Gasteiger partial charge in [0, 0.05) is 5.41 Å². The van der Waals surface area contributed by atoms with E-state index in [0.717, 1.165) is 6.42 Å². The average Bonchev–Trinajstić information content (AvgIpc) is 3.18. The number of hydrogen-bond donors (Lipinski definition) is 0. The second kappa shape index (κ2) is 13.5. The molecule has 0 aromatic heterocycles. The van der Waals surface area contributed by atoms with Gasteiger partial charge in [-0.15, -0.1) is 5.56 Å². The van der Waals surface area contributed by atoms with Crippen molar-refractivity contribution in [2.75, 3.05) is 0 Å². The topological polar surface area (TPSA) is 0 Å². The molecule has 0 aliphatic rings. The zero-order valence-electron chi connectivity index (χ0n) is 19.2. The van der Waals surface area contributed by atoms with Crippen LogP contribution in [0, 0.1) is 5.41 Å². The first-order valence-corrected chi connectivity index (χ1v) is 10.4. The molecule has 0 saturated carbocycles. The summed E-state index contributed by atoms with van der Waals surface area (Å²) in [6.07, 6.45) is 0.945. The molecule has 170 valence electrons. The van der Waals surface area contributed by atoms with E-state index in [2.05, 4.69) is 130 Å². The summed E-state index contributed by atoms with van der Waals surface area (Å²) in [5, 5.41) is 0. The summed E-state index contributed by atoms with van der Waals surface area (Å²) in [4.78, 5) is 0. The zero-order valence-corrected chi connectivity index (χ0v) is 23.1. The fourth-order valence-electron chi connectivity index (χ4n) is 4.92. The number of halogens is 3. The Morgan fingerprint density at radius 2 is 1.00 bits per heavy atom. The molecule has 0 aliphatic carbocycles. The summed E-state index contributed by atoms with van der Waals surface area (Å²) in [6.45, 7) is 7.10. The van der Waals surface area contributed by atoms with Crippen LogP contribution >= 0.6 is 0 Å². The molecule has 33 heavy (non-hydrogen) atoms. The molecule has 4 aromatic carbocycles. The first kappa shape index (κ1) is 31.6. The summed E-state index contributed by atoms with van der Waals surface area (Å²) in [5.41, 5.74) is 6.60. The summed E-state index contributed by atoms with van der Waals surface area (Å²) in [7, 11) is 0. The van der Waals surface area contributed by atoms with Crippen molar-refractivity contribution in [2.45, 2.75) is 32.6 Å². The molecule has 4 heteroatoms. The Labute approximate surface area is 232 Å². The predicted octanol–water partition coefficient (Wildman–Crippen LogP) is -1.61. The Morgan fingerprint density at radius 1 is 0.576 bits per heavy atom. The molecule has 0 N–H and O–H groups in total. The van der Waals surface area contributed by atoms with Crippen molar-refractivity contribution < 1.29 is 58.9 Å². The van der Waals surface area contributed by atoms with E-state index in [4.69, 9.17) is 0 Å². The molecule has 4 rings (SSSR count). The van der Waals surface area contributed by atoms with E-state index in [9.17, 15) is 0 Å². The van der Waals surface area contributed by atoms with Crippen LogP contribution in [0.25, 0.3) is 0 Å². The van der Waals surface area contributed by atoms with Crippen LogP contribution in [0.15, 0.2) is 109 Å². The summed E-state index contributed by atoms with van der Waals surface area (Å²) in [5.74, 6) is 0. The Bertz CT molecular complexity index is 1010. The smallest absolute Gasteiger partial charge is 1.00 e. The minimum atomic E-state index is -0.233. The predicted molar refractivity (Wildman–Crippen MR) is 124 cm³/mol. The summed E-state index contributed by atoms with van der Waals surface area (Å²) < 4.78 is 0. The van der Waals surface area contributed by atoms with Gasteiger partial charge in [-0.1, -0.05) is 112 Å². The standard InChI is InChI=1S/C29H29.3ClH.Ti/c1-28(2,3)29(25-17-9-5-10-18-25,26-19-11-6-12-20-26)27-21-13-16-24(27)22-23-14-7-4-8-15-23;;;;/h4-21H,22H2,1-3H3;3*1H;/q-1;;;;+4/p-3. The Kier molecular flexibility index (Phi) is 12.9. The Hall–Kier alpha value is -1.41. The van der Waals surface area contributed by atoms with E-state index in [1.807, 2.05) is 0 Å². The van der Waals surface area contributed by atoms with Crippen LogP contribution in [0.2, 0.25) is 0 Å². The van der Waals surface area contributed by atoms with Crippen LogP contribution in [0.1, 0.15) is 48.6 Å². The van der Waals surface area contributed by atoms with Gasteiger partial charge in [-0.25, -0.2) is 12.1 Å². The number of rotatable bonds is 5. The van der Waals surface area contributed by atoms with Gasteiger partial charge in [0.05, 0.1) is 0 Å². The van der Waals surface area contributed by atoms with Crippen LogP contribution in [0.5, 0.6) is 0 Å². The monoisotopic (exact) mass is 530 g/mol. The summed E-state index contributed by atoms with van der Waals surface area (Å²) in [6, 6.07) is 39.7. The van der Waals surface area contributed by atoms with Crippen molar-refractivity contribution in [3.05, 3.63) is 137 Å². The van der Waals surface area contributed by atoms with Gasteiger partial charge >= 0.3 is 21.7 Å². The molecule has 0 unspecified atom stereocenters. The molecule has 4 aromatic rings. The normalized spacial score (nSPS) is 10.6. The molecular weight excluding hydrogens is 503 g/mol. The third-order valence-electron chi connectivity index (χ3n) is 6.09. The van der Waals surface area contributed by atoms with Crippen molar-refractivity contribution >= 4 is 0 Å². The third-order valence-corrected chi connectivity index (χ3v) is 6.09. The van der Waals surface area contributed by atoms with Gasteiger partial charge < -0.3 is 37.2 Å². The van der Waals surface area contributed by atoms with E-state index >= 15 is 0 Å². The van der Waals surface area contributed by atoms with Crippen molar-refractivity contribution in [1.82, 2.24) is 0 Å². The molecule has 0 amide bonds. The molecule has 0 atom stereocenters. The minimum absolute atomic E-state index is 0. The fourth-order valence-corrected chi connectivity index (χ4v) is 4.92. The van der Waals surface area contributed by atoms with E-state index in [0.29, 0.717) is 0 Å². The third kappa shape index (κ3) is 6.19. The molecule has 0 heterocycles. The molecule has 0 spiro atoms. The molecule has 0 nitrogen and oxygen atoms in total. The van der Waals surface area contributed by atoms with Gasteiger partial charge in [0.1, 0.15) is 0 Å². The maximum absolute atomic E-state index is 2.37. The van der Waals surface area contributed by atoms with E-state index < -0.39 is 0 Å². The van der Waals surface area contributed by atoms with Gasteiger partial charge in [-0.2, -0.15) is 11.6 Å². The number of hydrogen-bond acceptors (Lipinski definition) is 0. The van der Waals surface area contributed by atoms with Gasteiger partial charge in [0.25, 0.3) is 0 Å². The largest absolute Gasteiger partial charge is 4.00 e. The minimum Gasteiger partial charge on any atom is -1.00 e. The maximum atomic E-state index is 2.37. The van der Waals surface area contributed by atoms with Gasteiger partial charge in [-0.05, 0) is 28.5 Å². The second-order valence-corrected chi connectivity index (χ2v) is 8.86. The molecular formula is C29H29Cl3Ti. The van der Waals surface area contributed by atoms with E-state index in [-0.39, 0.29) is 69.8 Å². The first-order valence-electron chi connectivity index (χ1n) is 10.4. The van der Waals surface area contributed by atoms with Gasteiger partial charge in [-0.3, -0.25) is 0 Å². The number of benzene rings is 3. The Balaban J connectivity index is 0.00000256. The fraction of sp³-hybridized carbons (Fsp3) is 0.207. The van der Waals surface area contributed by atoms with E-state index in [1.54, 1.807) is 0 Å². The average molecular weight is 532 g/mol. The SMILES string of the molecule is CC(C)(C)C(c1ccccc1)(c1ccccc1)[c-]1cccc1Cc1ccccc1.[Cl-].[Cl-].[Cl-].[Ti+4]. The molecule has 0 bridgehead atoms. The molecule has 0 radical (unpaired) electrons. The van der Waals surface area contributed by atoms with Crippen molar-refractivity contribution in [3.8, 4) is 0 Å². The van der Waals surface area contributed by atoms with Crippen LogP contribution in [-0.2, 0) is 33.6 Å². The maximum Gasteiger partial charge on any atom is 4.00 e. The van der Waals surface area contributed by atoms with Crippen molar-refractivity contribution in [3.63, 3.8) is 0 Å². The van der Waals surface area contributed by atoms with Crippen LogP contribution in [0.3, 0.4) is 0 Å². The molecule has 0 fully saturated rings. The van der Waals surface area contributed by atoms with Crippen molar-refractivity contribution in [2.24, 2.45) is 5.41 Å². The van der Waals surface area contributed by atoms with Crippen LogP contribution in [-0.4, -0.2) is 0 Å². The van der Waals surface area contributed by atoms with Crippen LogP contribution < -0.4 is 37.2 Å². The van der Waals surface area contributed by atoms with Gasteiger partial charge in [0.2, 0.25) is 0 Å². The second-order valence-electron chi connectivity index (χ2n) is 8.86. The van der Waals surface area contributed by atoms with Crippen LogP contribution in [0.4, 0.5) is 0 Å². The summed E-state index contributed by atoms with van der Waals surface area (Å²) >= 11 is 0. The molecule has 0 aliphatic heterocycles.